The van der Waals surface area contributed by atoms with Crippen LogP contribution in [-0.4, -0.2) is 39.5 Å². The second-order valence-corrected chi connectivity index (χ2v) is 4.80. The number of carboxylic acids is 1. The Labute approximate surface area is 116 Å². The number of fused-ring (bicyclic) bond motifs is 1. The Kier molecular flexibility index (Phi) is 3.98. The van der Waals surface area contributed by atoms with E-state index in [1.54, 1.807) is 26.1 Å². The number of aliphatic carboxylic acids is 1. The first-order valence-electron chi connectivity index (χ1n) is 6.37. The molecule has 0 fully saturated rings. The van der Waals surface area contributed by atoms with Gasteiger partial charge >= 0.3 is 5.97 Å². The summed E-state index contributed by atoms with van der Waals surface area (Å²) in [5.41, 5.74) is 1.20. The van der Waals surface area contributed by atoms with Crippen LogP contribution in [0.5, 0.6) is 0 Å². The van der Waals surface area contributed by atoms with E-state index in [9.17, 15) is 9.59 Å². The third-order valence-corrected chi connectivity index (χ3v) is 3.07. The van der Waals surface area contributed by atoms with Gasteiger partial charge in [0.1, 0.15) is 6.54 Å². The monoisotopic (exact) mass is 272 g/mol. The Morgan fingerprint density at radius 1 is 1.25 bits per heavy atom. The molecule has 0 radical (unpaired) electrons. The van der Waals surface area contributed by atoms with Gasteiger partial charge in [-0.05, 0) is 26.0 Å². The lowest BCUT2D eigenvalue weighted by molar-refractivity contribution is -0.138. The summed E-state index contributed by atoms with van der Waals surface area (Å²) in [7, 11) is 0. The van der Waals surface area contributed by atoms with E-state index >= 15 is 0 Å². The molecule has 1 aromatic carbocycles. The number of amides is 1. The van der Waals surface area contributed by atoms with Crippen molar-refractivity contribution in [3.05, 3.63) is 42.1 Å². The number of hydrogen-bond acceptors (Lipinski definition) is 3. The van der Waals surface area contributed by atoms with Crippen molar-refractivity contribution < 1.29 is 14.7 Å². The molecule has 1 N–H and O–H groups in total. The lowest BCUT2D eigenvalue weighted by Gasteiger charge is -2.25. The van der Waals surface area contributed by atoms with E-state index in [2.05, 4.69) is 4.98 Å². The minimum absolute atomic E-state index is 0.189. The van der Waals surface area contributed by atoms with Gasteiger partial charge in [0.15, 0.2) is 0 Å². The fourth-order valence-corrected chi connectivity index (χ4v) is 2.07. The zero-order valence-electron chi connectivity index (χ0n) is 11.4. The first-order chi connectivity index (χ1) is 9.50. The number of carbonyl (C=O) groups excluding carboxylic acids is 1. The Morgan fingerprint density at radius 3 is 2.60 bits per heavy atom. The molecule has 2 rings (SSSR count). The zero-order chi connectivity index (χ0) is 14.7. The van der Waals surface area contributed by atoms with Crippen LogP contribution in [0.2, 0.25) is 0 Å². The smallest absolute Gasteiger partial charge is 0.323 e. The summed E-state index contributed by atoms with van der Waals surface area (Å²) < 4.78 is 0. The Bertz CT molecular complexity index is 647. The predicted octanol–water partition coefficient (Wildman–Crippen LogP) is 2.17. The topological polar surface area (TPSA) is 70.5 Å². The van der Waals surface area contributed by atoms with E-state index in [-0.39, 0.29) is 18.5 Å². The largest absolute Gasteiger partial charge is 0.480 e. The normalized spacial score (nSPS) is 10.8. The molecule has 5 heteroatoms. The number of carbonyl (C=O) groups is 2. The molecule has 0 bridgehead atoms. The van der Waals surface area contributed by atoms with Gasteiger partial charge in [0, 0.05) is 17.6 Å². The average molecular weight is 272 g/mol. The number of benzene rings is 1. The molecule has 0 spiro atoms. The standard InChI is InChI=1S/C15H16N2O3/c1-10(2)17(9-14(18)19)15(20)12-7-8-16-13-6-4-3-5-11(12)13/h3-8,10H,9H2,1-2H3,(H,18,19). The fraction of sp³-hybridized carbons (Fsp3) is 0.267. The van der Waals surface area contributed by atoms with Crippen molar-refractivity contribution in [2.45, 2.75) is 19.9 Å². The second kappa shape index (κ2) is 5.69. The van der Waals surface area contributed by atoms with Crippen LogP contribution in [0.15, 0.2) is 36.5 Å². The highest BCUT2D eigenvalue weighted by Crippen LogP contribution is 2.18. The number of nitrogens with zero attached hydrogens (tertiary/aromatic N) is 2. The van der Waals surface area contributed by atoms with Crippen LogP contribution in [0.25, 0.3) is 10.9 Å². The van der Waals surface area contributed by atoms with Crippen molar-refractivity contribution in [2.24, 2.45) is 0 Å². The van der Waals surface area contributed by atoms with Gasteiger partial charge in [-0.2, -0.15) is 0 Å². The minimum atomic E-state index is -1.02. The number of para-hydroxylation sites is 1. The highest BCUT2D eigenvalue weighted by molar-refractivity contribution is 6.06. The molecule has 0 saturated heterocycles. The van der Waals surface area contributed by atoms with Gasteiger partial charge < -0.3 is 10.0 Å². The summed E-state index contributed by atoms with van der Waals surface area (Å²) >= 11 is 0. The summed E-state index contributed by atoms with van der Waals surface area (Å²) in [6, 6.07) is 8.75. The maximum absolute atomic E-state index is 12.6. The molecular formula is C15H16N2O3. The van der Waals surface area contributed by atoms with Crippen molar-refractivity contribution in [3.8, 4) is 0 Å². The summed E-state index contributed by atoms with van der Waals surface area (Å²) in [5.74, 6) is -1.31. The van der Waals surface area contributed by atoms with Crippen molar-refractivity contribution in [3.63, 3.8) is 0 Å². The van der Waals surface area contributed by atoms with Crippen LogP contribution in [0, 0.1) is 0 Å². The number of pyridine rings is 1. The van der Waals surface area contributed by atoms with Crippen molar-refractivity contribution in [1.82, 2.24) is 9.88 Å². The molecule has 20 heavy (non-hydrogen) atoms. The number of carboxylic acid groups (broad SMARTS) is 1. The molecule has 0 aliphatic carbocycles. The molecule has 0 aliphatic rings. The highest BCUT2D eigenvalue weighted by atomic mass is 16.4. The van der Waals surface area contributed by atoms with Crippen molar-refractivity contribution >= 4 is 22.8 Å². The second-order valence-electron chi connectivity index (χ2n) is 4.80. The average Bonchev–Trinajstić information content (AvgIpc) is 2.43. The quantitative estimate of drug-likeness (QED) is 0.926. The molecule has 2 aromatic rings. The Balaban J connectivity index is 2.46. The minimum Gasteiger partial charge on any atom is -0.480 e. The van der Waals surface area contributed by atoms with E-state index in [4.69, 9.17) is 5.11 Å². The number of rotatable bonds is 4. The van der Waals surface area contributed by atoms with Gasteiger partial charge in [-0.1, -0.05) is 18.2 Å². The summed E-state index contributed by atoms with van der Waals surface area (Å²) in [6.45, 7) is 3.28. The molecule has 5 nitrogen and oxygen atoms in total. The van der Waals surface area contributed by atoms with Gasteiger partial charge in [-0.15, -0.1) is 0 Å². The van der Waals surface area contributed by atoms with Crippen LogP contribution >= 0.6 is 0 Å². The van der Waals surface area contributed by atoms with Crippen molar-refractivity contribution in [2.75, 3.05) is 6.54 Å². The molecule has 104 valence electrons. The lowest BCUT2D eigenvalue weighted by atomic mass is 10.1. The van der Waals surface area contributed by atoms with Gasteiger partial charge in [0.05, 0.1) is 11.1 Å². The Morgan fingerprint density at radius 2 is 1.95 bits per heavy atom. The molecule has 1 aromatic heterocycles. The van der Waals surface area contributed by atoms with Crippen LogP contribution in [0.4, 0.5) is 0 Å². The number of aromatic nitrogens is 1. The molecule has 0 unspecified atom stereocenters. The summed E-state index contributed by atoms with van der Waals surface area (Å²) in [6.07, 6.45) is 1.56. The maximum Gasteiger partial charge on any atom is 0.323 e. The van der Waals surface area contributed by atoms with Gasteiger partial charge in [-0.25, -0.2) is 0 Å². The molecule has 1 amide bonds. The van der Waals surface area contributed by atoms with E-state index in [1.807, 2.05) is 24.3 Å². The first kappa shape index (κ1) is 14.0. The molecular weight excluding hydrogens is 256 g/mol. The summed E-state index contributed by atoms with van der Waals surface area (Å²) in [4.78, 5) is 29.0. The predicted molar refractivity (Wildman–Crippen MR) is 75.6 cm³/mol. The van der Waals surface area contributed by atoms with Crippen LogP contribution in [-0.2, 0) is 4.79 Å². The van der Waals surface area contributed by atoms with Gasteiger partial charge in [0.25, 0.3) is 5.91 Å². The SMILES string of the molecule is CC(C)N(CC(=O)O)C(=O)c1ccnc2ccccc12. The Hall–Kier alpha value is -2.43. The lowest BCUT2D eigenvalue weighted by Crippen LogP contribution is -2.40. The van der Waals surface area contributed by atoms with E-state index < -0.39 is 5.97 Å². The first-order valence-corrected chi connectivity index (χ1v) is 6.37. The fourth-order valence-electron chi connectivity index (χ4n) is 2.07. The summed E-state index contributed by atoms with van der Waals surface area (Å²) in [5, 5.41) is 9.67. The van der Waals surface area contributed by atoms with Crippen LogP contribution < -0.4 is 0 Å². The molecule has 0 aliphatic heterocycles. The van der Waals surface area contributed by atoms with E-state index in [1.165, 1.54) is 4.90 Å². The van der Waals surface area contributed by atoms with E-state index in [0.717, 1.165) is 10.9 Å². The zero-order valence-corrected chi connectivity index (χ0v) is 11.4. The van der Waals surface area contributed by atoms with Gasteiger partial charge in [0.2, 0.25) is 0 Å². The van der Waals surface area contributed by atoms with Crippen LogP contribution in [0.3, 0.4) is 0 Å². The number of hydrogen-bond donors (Lipinski definition) is 1. The van der Waals surface area contributed by atoms with Crippen LogP contribution in [0.1, 0.15) is 24.2 Å². The highest BCUT2D eigenvalue weighted by Gasteiger charge is 2.22. The third kappa shape index (κ3) is 2.77. The molecule has 0 saturated carbocycles. The van der Waals surface area contributed by atoms with Gasteiger partial charge in [-0.3, -0.25) is 14.6 Å². The molecule has 1 heterocycles. The van der Waals surface area contributed by atoms with E-state index in [0.29, 0.717) is 5.56 Å². The van der Waals surface area contributed by atoms with Crippen molar-refractivity contribution in [1.29, 1.82) is 0 Å². The molecule has 0 atom stereocenters. The maximum atomic E-state index is 12.6. The third-order valence-electron chi connectivity index (χ3n) is 3.07.